The van der Waals surface area contributed by atoms with Crippen LogP contribution in [0.15, 0.2) is 70.0 Å². The molecule has 0 saturated carbocycles. The highest BCUT2D eigenvalue weighted by molar-refractivity contribution is 5.32. The number of benzene rings is 2. The van der Waals surface area contributed by atoms with E-state index < -0.39 is 0 Å². The molecule has 0 bridgehead atoms. The maximum atomic E-state index is 12.2. The van der Waals surface area contributed by atoms with Crippen LogP contribution < -0.4 is 5.56 Å². The third-order valence-electron chi connectivity index (χ3n) is 5.97. The van der Waals surface area contributed by atoms with E-state index in [1.165, 1.54) is 11.1 Å². The Morgan fingerprint density at radius 3 is 2.36 bits per heavy atom. The Bertz CT molecular complexity index is 890. The summed E-state index contributed by atoms with van der Waals surface area (Å²) in [6.45, 7) is 0.963. The number of hydrogen-bond acceptors (Lipinski definition) is 3. The maximum Gasteiger partial charge on any atom is 0.284 e. The molecule has 146 valence electrons. The number of nitrogens with one attached hydrogen (secondary N) is 1. The maximum absolute atomic E-state index is 12.2. The van der Waals surface area contributed by atoms with Crippen molar-refractivity contribution < 1.29 is 4.52 Å². The zero-order valence-electron chi connectivity index (χ0n) is 16.4. The Morgan fingerprint density at radius 1 is 1.07 bits per heavy atom. The second-order valence-electron chi connectivity index (χ2n) is 7.77. The van der Waals surface area contributed by atoms with Gasteiger partial charge in [0.25, 0.3) is 5.56 Å². The average Bonchev–Trinajstić information content (AvgIpc) is 3.13. The second kappa shape index (κ2) is 8.61. The lowest BCUT2D eigenvalue weighted by Crippen LogP contribution is -2.31. The van der Waals surface area contributed by atoms with Crippen molar-refractivity contribution in [3.63, 3.8) is 0 Å². The predicted molar refractivity (Wildman–Crippen MR) is 112 cm³/mol. The van der Waals surface area contributed by atoms with Crippen molar-refractivity contribution >= 4 is 0 Å². The number of nitrogens with zero attached hydrogens (tertiary/aromatic N) is 1. The molecule has 1 unspecified atom stereocenters. The van der Waals surface area contributed by atoms with Crippen molar-refractivity contribution in [1.29, 1.82) is 0 Å². The number of aryl methyl sites for hydroxylation is 1. The van der Waals surface area contributed by atoms with E-state index in [0.717, 1.165) is 50.0 Å². The first-order valence-electron chi connectivity index (χ1n) is 10.2. The molecule has 4 heteroatoms. The van der Waals surface area contributed by atoms with Crippen molar-refractivity contribution in [3.05, 3.63) is 93.5 Å². The quantitative estimate of drug-likeness (QED) is 0.639. The molecule has 4 rings (SSSR count). The number of fused-ring (bicyclic) bond motifs is 1. The van der Waals surface area contributed by atoms with Gasteiger partial charge in [0.15, 0.2) is 0 Å². The van der Waals surface area contributed by atoms with E-state index in [0.29, 0.717) is 5.92 Å². The molecule has 1 aromatic heterocycles. The lowest BCUT2D eigenvalue weighted by atomic mass is 9.87. The van der Waals surface area contributed by atoms with Gasteiger partial charge in [0.1, 0.15) is 5.76 Å². The van der Waals surface area contributed by atoms with Crippen LogP contribution in [-0.2, 0) is 6.42 Å². The Balaban J connectivity index is 1.44. The van der Waals surface area contributed by atoms with E-state index in [1.54, 1.807) is 0 Å². The average molecular weight is 377 g/mol. The Labute approximate surface area is 166 Å². The number of H-pyrrole nitrogens is 1. The minimum Gasteiger partial charge on any atom is -0.383 e. The van der Waals surface area contributed by atoms with Crippen LogP contribution in [-0.4, -0.2) is 23.6 Å². The first-order valence-corrected chi connectivity index (χ1v) is 10.2. The Kier molecular flexibility index (Phi) is 5.77. The summed E-state index contributed by atoms with van der Waals surface area (Å²) in [5.74, 6) is 1.24. The van der Waals surface area contributed by atoms with Crippen LogP contribution in [0.1, 0.15) is 60.1 Å². The van der Waals surface area contributed by atoms with Gasteiger partial charge in [-0.15, -0.1) is 0 Å². The lowest BCUT2D eigenvalue weighted by Gasteiger charge is -2.30. The molecular formula is C24H28N2O2. The highest BCUT2D eigenvalue weighted by Crippen LogP contribution is 2.33. The van der Waals surface area contributed by atoms with Crippen LogP contribution in [0.3, 0.4) is 0 Å². The monoisotopic (exact) mass is 376 g/mol. The molecule has 0 fully saturated rings. The summed E-state index contributed by atoms with van der Waals surface area (Å²) in [6, 6.07) is 21.7. The molecule has 1 aliphatic rings. The summed E-state index contributed by atoms with van der Waals surface area (Å²) in [5, 5.41) is 2.52. The molecule has 0 spiro atoms. The van der Waals surface area contributed by atoms with Crippen molar-refractivity contribution in [3.8, 4) is 0 Å². The summed E-state index contributed by atoms with van der Waals surface area (Å²) in [7, 11) is 2.13. The molecular weight excluding hydrogens is 348 g/mol. The first kappa shape index (κ1) is 18.8. The van der Waals surface area contributed by atoms with Gasteiger partial charge in [-0.2, -0.15) is 5.16 Å². The Hall–Kier alpha value is -2.59. The van der Waals surface area contributed by atoms with Gasteiger partial charge in [-0.3, -0.25) is 9.69 Å². The molecule has 1 aliphatic carbocycles. The van der Waals surface area contributed by atoms with Crippen LogP contribution >= 0.6 is 0 Å². The summed E-state index contributed by atoms with van der Waals surface area (Å²) in [5.41, 5.74) is 3.51. The highest BCUT2D eigenvalue weighted by atomic mass is 16.5. The van der Waals surface area contributed by atoms with Gasteiger partial charge >= 0.3 is 0 Å². The molecule has 28 heavy (non-hydrogen) atoms. The van der Waals surface area contributed by atoms with Gasteiger partial charge in [0, 0.05) is 18.4 Å². The van der Waals surface area contributed by atoms with E-state index in [2.05, 4.69) is 77.8 Å². The van der Waals surface area contributed by atoms with Crippen molar-refractivity contribution in [2.45, 2.75) is 44.1 Å². The first-order chi connectivity index (χ1) is 13.7. The lowest BCUT2D eigenvalue weighted by molar-refractivity contribution is 0.209. The predicted octanol–water partition coefficient (Wildman–Crippen LogP) is 4.89. The zero-order chi connectivity index (χ0) is 19.3. The summed E-state index contributed by atoms with van der Waals surface area (Å²) in [4.78, 5) is 14.5. The molecule has 0 aliphatic heterocycles. The summed E-state index contributed by atoms with van der Waals surface area (Å²) >= 11 is 0. The van der Waals surface area contributed by atoms with Crippen molar-refractivity contribution in [2.24, 2.45) is 0 Å². The summed E-state index contributed by atoms with van der Waals surface area (Å²) in [6.07, 6.45) is 5.11. The van der Waals surface area contributed by atoms with Gasteiger partial charge in [-0.05, 0) is 50.4 Å². The van der Waals surface area contributed by atoms with Crippen LogP contribution in [0.4, 0.5) is 0 Å². The van der Waals surface area contributed by atoms with E-state index in [9.17, 15) is 4.79 Å². The third kappa shape index (κ3) is 3.97. The number of aromatic amines is 1. The normalized spacial score (nSPS) is 16.5. The van der Waals surface area contributed by atoms with Crippen LogP contribution in [0.25, 0.3) is 0 Å². The minimum atomic E-state index is -0.0574. The summed E-state index contributed by atoms with van der Waals surface area (Å²) < 4.78 is 5.36. The minimum absolute atomic E-state index is 0.0574. The van der Waals surface area contributed by atoms with Gasteiger partial charge in [0.2, 0.25) is 0 Å². The molecule has 1 N–H and O–H groups in total. The fraction of sp³-hybridized carbons (Fsp3) is 0.375. The van der Waals surface area contributed by atoms with E-state index in [4.69, 9.17) is 4.52 Å². The molecule has 0 saturated heterocycles. The third-order valence-corrected chi connectivity index (χ3v) is 5.97. The number of rotatable bonds is 7. The molecule has 4 nitrogen and oxygen atoms in total. The standard InChI is InChI=1S/C24H28N2O2/c1-26(21-15-8-16-22-23(21)24(27)25-28-22)17-9-14-20(18-10-4-2-5-11-18)19-12-6-3-7-13-19/h2-7,10-13,20-21H,8-9,14-17H2,1H3,(H,25,27). The smallest absolute Gasteiger partial charge is 0.284 e. The number of hydrogen-bond donors (Lipinski definition) is 1. The van der Waals surface area contributed by atoms with Gasteiger partial charge in [-0.1, -0.05) is 60.7 Å². The largest absolute Gasteiger partial charge is 0.383 e. The number of aromatic nitrogens is 1. The van der Waals surface area contributed by atoms with Gasteiger partial charge in [0.05, 0.1) is 5.56 Å². The highest BCUT2D eigenvalue weighted by Gasteiger charge is 2.29. The van der Waals surface area contributed by atoms with Gasteiger partial charge < -0.3 is 4.52 Å². The second-order valence-corrected chi connectivity index (χ2v) is 7.77. The van der Waals surface area contributed by atoms with Crippen molar-refractivity contribution in [1.82, 2.24) is 10.1 Å². The van der Waals surface area contributed by atoms with Crippen LogP contribution in [0.5, 0.6) is 0 Å². The molecule has 3 aromatic rings. The molecule has 1 heterocycles. The fourth-order valence-corrected chi connectivity index (χ4v) is 4.51. The molecule has 1 atom stereocenters. The van der Waals surface area contributed by atoms with Crippen LogP contribution in [0.2, 0.25) is 0 Å². The van der Waals surface area contributed by atoms with E-state index >= 15 is 0 Å². The van der Waals surface area contributed by atoms with E-state index in [1.807, 2.05) is 0 Å². The van der Waals surface area contributed by atoms with E-state index in [-0.39, 0.29) is 11.6 Å². The topological polar surface area (TPSA) is 49.2 Å². The molecule has 0 radical (unpaired) electrons. The molecule has 2 aromatic carbocycles. The van der Waals surface area contributed by atoms with Gasteiger partial charge in [-0.25, -0.2) is 0 Å². The van der Waals surface area contributed by atoms with Crippen molar-refractivity contribution in [2.75, 3.05) is 13.6 Å². The molecule has 0 amide bonds. The Morgan fingerprint density at radius 2 is 1.71 bits per heavy atom. The van der Waals surface area contributed by atoms with Crippen LogP contribution in [0, 0.1) is 0 Å². The zero-order valence-corrected chi connectivity index (χ0v) is 16.4. The fourth-order valence-electron chi connectivity index (χ4n) is 4.51. The SMILES string of the molecule is CN(CCCC(c1ccccc1)c1ccccc1)C1CCCc2o[nH]c(=O)c21.